The first-order valence-electron chi connectivity index (χ1n) is 8.16. The van der Waals surface area contributed by atoms with Crippen molar-refractivity contribution < 1.29 is 14.3 Å². The van der Waals surface area contributed by atoms with Crippen molar-refractivity contribution in [1.82, 2.24) is 5.32 Å². The van der Waals surface area contributed by atoms with E-state index in [1.165, 1.54) is 6.07 Å². The van der Waals surface area contributed by atoms with Crippen molar-refractivity contribution in [3.8, 4) is 16.9 Å². The molecule has 0 saturated carbocycles. The van der Waals surface area contributed by atoms with Crippen LogP contribution in [-0.2, 0) is 11.3 Å². The molecule has 0 spiro atoms. The second kappa shape index (κ2) is 7.51. The number of phenols is 1. The number of phenolic OH excluding ortho intramolecular Hbond substituents is 1. The minimum atomic E-state index is -0.431. The predicted octanol–water partition coefficient (Wildman–Crippen LogP) is 3.21. The van der Waals surface area contributed by atoms with Crippen molar-refractivity contribution in [1.29, 1.82) is 0 Å². The molecular weight excluding hydrogens is 318 g/mol. The lowest BCUT2D eigenvalue weighted by Crippen LogP contribution is -2.18. The van der Waals surface area contributed by atoms with Gasteiger partial charge in [-0.2, -0.15) is 0 Å². The van der Waals surface area contributed by atoms with Crippen LogP contribution in [0.3, 0.4) is 0 Å². The Balaban J connectivity index is 2.14. The Morgan fingerprint density at radius 2 is 1.96 bits per heavy atom. The quantitative estimate of drug-likeness (QED) is 0.533. The molecule has 1 aromatic heterocycles. The summed E-state index contributed by atoms with van der Waals surface area (Å²) < 4.78 is 10.4. The maximum atomic E-state index is 12.0. The molecule has 0 unspecified atom stereocenters. The van der Waals surface area contributed by atoms with Gasteiger partial charge >= 0.3 is 5.63 Å². The van der Waals surface area contributed by atoms with Gasteiger partial charge in [-0.05, 0) is 24.1 Å². The van der Waals surface area contributed by atoms with E-state index in [4.69, 9.17) is 9.15 Å². The largest absolute Gasteiger partial charge is 0.507 e. The first-order chi connectivity index (χ1) is 12.1. The standard InChI is InChI=1S/C20H21NO4/c1-13-19(23)15(12-21-8-9-24-2)10-17-16(11-18(22)25-20(13)17)14-6-4-3-5-7-14/h3-7,10-11,21,23H,8-9,12H2,1-2H3. The van der Waals surface area contributed by atoms with Crippen molar-refractivity contribution in [2.75, 3.05) is 20.3 Å². The zero-order chi connectivity index (χ0) is 17.8. The molecule has 0 aliphatic carbocycles. The van der Waals surface area contributed by atoms with Gasteiger partial charge in [0, 0.05) is 42.8 Å². The highest BCUT2D eigenvalue weighted by Gasteiger charge is 2.15. The molecule has 0 radical (unpaired) electrons. The number of hydrogen-bond donors (Lipinski definition) is 2. The third-order valence-corrected chi connectivity index (χ3v) is 4.20. The smallest absolute Gasteiger partial charge is 0.336 e. The van der Waals surface area contributed by atoms with E-state index >= 15 is 0 Å². The van der Waals surface area contributed by atoms with Crippen molar-refractivity contribution in [2.45, 2.75) is 13.5 Å². The fourth-order valence-corrected chi connectivity index (χ4v) is 2.90. The maximum Gasteiger partial charge on any atom is 0.336 e. The molecule has 3 rings (SSSR count). The normalized spacial score (nSPS) is 11.1. The Bertz CT molecular complexity index is 932. The average Bonchev–Trinajstić information content (AvgIpc) is 2.63. The van der Waals surface area contributed by atoms with Gasteiger partial charge in [0.15, 0.2) is 0 Å². The van der Waals surface area contributed by atoms with Crippen LogP contribution in [0.4, 0.5) is 0 Å². The topological polar surface area (TPSA) is 71.7 Å². The lowest BCUT2D eigenvalue weighted by Gasteiger charge is -2.13. The highest BCUT2D eigenvalue weighted by molar-refractivity contribution is 5.96. The van der Waals surface area contributed by atoms with Gasteiger partial charge in [0.25, 0.3) is 0 Å². The van der Waals surface area contributed by atoms with E-state index in [0.29, 0.717) is 30.8 Å². The van der Waals surface area contributed by atoms with E-state index in [1.54, 1.807) is 14.0 Å². The molecule has 1 heterocycles. The zero-order valence-corrected chi connectivity index (χ0v) is 14.3. The SMILES string of the molecule is COCCNCc1cc2c(-c3ccccc3)cc(=O)oc2c(C)c1O. The molecule has 0 aliphatic rings. The number of nitrogens with one attached hydrogen (secondary N) is 1. The van der Waals surface area contributed by atoms with Gasteiger partial charge in [-0.25, -0.2) is 4.79 Å². The van der Waals surface area contributed by atoms with Crippen LogP contribution in [-0.4, -0.2) is 25.4 Å². The van der Waals surface area contributed by atoms with E-state index in [9.17, 15) is 9.90 Å². The predicted molar refractivity (Wildman–Crippen MR) is 97.9 cm³/mol. The van der Waals surface area contributed by atoms with Crippen LogP contribution < -0.4 is 10.9 Å². The molecule has 130 valence electrons. The van der Waals surface area contributed by atoms with E-state index in [1.807, 2.05) is 36.4 Å². The third-order valence-electron chi connectivity index (χ3n) is 4.20. The summed E-state index contributed by atoms with van der Waals surface area (Å²) >= 11 is 0. The van der Waals surface area contributed by atoms with E-state index < -0.39 is 5.63 Å². The summed E-state index contributed by atoms with van der Waals surface area (Å²) in [7, 11) is 1.65. The van der Waals surface area contributed by atoms with Crippen LogP contribution in [0.2, 0.25) is 0 Å². The van der Waals surface area contributed by atoms with Gasteiger partial charge in [-0.15, -0.1) is 0 Å². The van der Waals surface area contributed by atoms with Crippen molar-refractivity contribution in [3.05, 3.63) is 64.0 Å². The van der Waals surface area contributed by atoms with Gasteiger partial charge < -0.3 is 19.6 Å². The number of rotatable bonds is 6. The fourth-order valence-electron chi connectivity index (χ4n) is 2.90. The van der Waals surface area contributed by atoms with Crippen LogP contribution in [0.15, 0.2) is 51.7 Å². The number of aryl methyl sites for hydroxylation is 1. The minimum absolute atomic E-state index is 0.144. The number of benzene rings is 2. The van der Waals surface area contributed by atoms with E-state index in [-0.39, 0.29) is 5.75 Å². The summed E-state index contributed by atoms with van der Waals surface area (Å²) in [6.07, 6.45) is 0. The molecule has 2 N–H and O–H groups in total. The molecule has 0 aliphatic heterocycles. The van der Waals surface area contributed by atoms with Crippen molar-refractivity contribution >= 4 is 11.0 Å². The molecule has 2 aromatic carbocycles. The third kappa shape index (κ3) is 3.57. The maximum absolute atomic E-state index is 12.0. The molecule has 5 heteroatoms. The molecule has 0 bridgehead atoms. The van der Waals surface area contributed by atoms with Crippen molar-refractivity contribution in [3.63, 3.8) is 0 Å². The van der Waals surface area contributed by atoms with Gasteiger partial charge in [0.2, 0.25) is 0 Å². The minimum Gasteiger partial charge on any atom is -0.507 e. The molecule has 0 atom stereocenters. The van der Waals surface area contributed by atoms with Crippen LogP contribution in [0, 0.1) is 6.92 Å². The Labute approximate surface area is 145 Å². The molecule has 3 aromatic rings. The average molecular weight is 339 g/mol. The Morgan fingerprint density at radius 3 is 2.68 bits per heavy atom. The van der Waals surface area contributed by atoms with Gasteiger partial charge in [0.1, 0.15) is 11.3 Å². The van der Waals surface area contributed by atoms with Gasteiger partial charge in [-0.3, -0.25) is 0 Å². The van der Waals surface area contributed by atoms with E-state index in [2.05, 4.69) is 5.32 Å². The molecule has 0 amide bonds. The summed E-state index contributed by atoms with van der Waals surface area (Å²) in [5.41, 5.74) is 3.05. The number of fused-ring (bicyclic) bond motifs is 1. The Morgan fingerprint density at radius 1 is 1.20 bits per heavy atom. The number of ether oxygens (including phenoxy) is 1. The van der Waals surface area contributed by atoms with Gasteiger partial charge in [0.05, 0.1) is 6.61 Å². The summed E-state index contributed by atoms with van der Waals surface area (Å²) in [6, 6.07) is 13.1. The summed E-state index contributed by atoms with van der Waals surface area (Å²) in [4.78, 5) is 12.0. The second-order valence-electron chi connectivity index (χ2n) is 5.90. The van der Waals surface area contributed by atoms with Crippen LogP contribution in [0.25, 0.3) is 22.1 Å². The number of methoxy groups -OCH3 is 1. The molecular formula is C20H21NO4. The Kier molecular flexibility index (Phi) is 5.16. The lowest BCUT2D eigenvalue weighted by molar-refractivity contribution is 0.199. The summed E-state index contributed by atoms with van der Waals surface area (Å²) in [5.74, 6) is 0.144. The Hall–Kier alpha value is -2.63. The van der Waals surface area contributed by atoms with Gasteiger partial charge in [-0.1, -0.05) is 30.3 Å². The highest BCUT2D eigenvalue weighted by Crippen LogP contribution is 2.35. The second-order valence-corrected chi connectivity index (χ2v) is 5.90. The summed E-state index contributed by atoms with van der Waals surface area (Å²) in [6.45, 7) is 3.53. The van der Waals surface area contributed by atoms with Crippen LogP contribution in [0.5, 0.6) is 5.75 Å². The van der Waals surface area contributed by atoms with Crippen LogP contribution in [0.1, 0.15) is 11.1 Å². The fraction of sp³-hybridized carbons (Fsp3) is 0.250. The monoisotopic (exact) mass is 339 g/mol. The summed E-state index contributed by atoms with van der Waals surface area (Å²) in [5, 5.41) is 14.5. The first kappa shape index (κ1) is 17.2. The highest BCUT2D eigenvalue weighted by atomic mass is 16.5. The van der Waals surface area contributed by atoms with E-state index in [0.717, 1.165) is 22.1 Å². The zero-order valence-electron chi connectivity index (χ0n) is 14.3. The molecule has 0 saturated heterocycles. The number of hydrogen-bond acceptors (Lipinski definition) is 5. The molecule has 25 heavy (non-hydrogen) atoms. The molecule has 0 fully saturated rings. The number of aromatic hydroxyl groups is 1. The lowest BCUT2D eigenvalue weighted by atomic mass is 9.97. The van der Waals surface area contributed by atoms with Crippen molar-refractivity contribution in [2.24, 2.45) is 0 Å². The molecule has 5 nitrogen and oxygen atoms in total. The first-order valence-corrected chi connectivity index (χ1v) is 8.16. The van der Waals surface area contributed by atoms with Crippen LogP contribution >= 0.6 is 0 Å².